The van der Waals surface area contributed by atoms with E-state index in [0.29, 0.717) is 19.6 Å². The maximum Gasteiger partial charge on any atom is 0.317 e. The van der Waals surface area contributed by atoms with Crippen LogP contribution >= 0.6 is 11.3 Å². The third-order valence-electron chi connectivity index (χ3n) is 3.95. The first-order valence-corrected chi connectivity index (χ1v) is 8.87. The van der Waals surface area contributed by atoms with Gasteiger partial charge in [-0.25, -0.2) is 4.79 Å². The maximum atomic E-state index is 12.5. The summed E-state index contributed by atoms with van der Waals surface area (Å²) in [5.41, 5.74) is 1.00. The van der Waals surface area contributed by atoms with Crippen LogP contribution in [0.5, 0.6) is 0 Å². The number of carbonyl (C=O) groups is 1. The van der Waals surface area contributed by atoms with Gasteiger partial charge in [0.1, 0.15) is 0 Å². The van der Waals surface area contributed by atoms with Crippen LogP contribution in [-0.4, -0.2) is 36.7 Å². The van der Waals surface area contributed by atoms with Gasteiger partial charge in [-0.05, 0) is 36.8 Å². The van der Waals surface area contributed by atoms with Gasteiger partial charge in [0, 0.05) is 30.1 Å². The van der Waals surface area contributed by atoms with Crippen LogP contribution in [0.15, 0.2) is 40.5 Å². The molecule has 1 saturated heterocycles. The Morgan fingerprint density at radius 2 is 2.39 bits per heavy atom. The number of furan rings is 1. The highest BCUT2D eigenvalue weighted by atomic mass is 32.1. The Labute approximate surface area is 140 Å². The van der Waals surface area contributed by atoms with Crippen molar-refractivity contribution in [3.63, 3.8) is 0 Å². The molecule has 1 aliphatic heterocycles. The minimum Gasteiger partial charge on any atom is -0.472 e. The minimum atomic E-state index is -0.0433. The number of hydrogen-bond donors (Lipinski definition) is 1. The summed E-state index contributed by atoms with van der Waals surface area (Å²) in [6, 6.07) is 5.99. The van der Waals surface area contributed by atoms with Gasteiger partial charge in [-0.2, -0.15) is 0 Å². The van der Waals surface area contributed by atoms with E-state index in [1.54, 1.807) is 23.9 Å². The van der Waals surface area contributed by atoms with Gasteiger partial charge in [0.2, 0.25) is 0 Å². The largest absolute Gasteiger partial charge is 0.472 e. The van der Waals surface area contributed by atoms with E-state index >= 15 is 0 Å². The molecule has 0 aliphatic carbocycles. The molecule has 2 amide bonds. The van der Waals surface area contributed by atoms with Crippen LogP contribution < -0.4 is 5.32 Å². The summed E-state index contributed by atoms with van der Waals surface area (Å²) in [5.74, 6) is 0. The van der Waals surface area contributed by atoms with Crippen molar-refractivity contribution < 1.29 is 13.9 Å². The third kappa shape index (κ3) is 4.84. The molecule has 5 nitrogen and oxygen atoms in total. The summed E-state index contributed by atoms with van der Waals surface area (Å²) in [6.45, 7) is 2.62. The van der Waals surface area contributed by atoms with Crippen molar-refractivity contribution in [2.45, 2.75) is 31.9 Å². The lowest BCUT2D eigenvalue weighted by molar-refractivity contribution is 0.108. The Morgan fingerprint density at radius 1 is 1.43 bits per heavy atom. The summed E-state index contributed by atoms with van der Waals surface area (Å²) in [6.07, 6.45) is 6.45. The number of urea groups is 1. The summed E-state index contributed by atoms with van der Waals surface area (Å²) in [4.78, 5) is 15.6. The average Bonchev–Trinajstić information content (AvgIpc) is 3.32. The predicted octanol–water partition coefficient (Wildman–Crippen LogP) is 3.27. The molecule has 0 saturated carbocycles. The van der Waals surface area contributed by atoms with E-state index in [2.05, 4.69) is 16.8 Å². The molecule has 6 heteroatoms. The molecule has 0 aromatic carbocycles. The number of hydrogen-bond acceptors (Lipinski definition) is 4. The molecule has 2 aromatic heterocycles. The van der Waals surface area contributed by atoms with Crippen molar-refractivity contribution in [2.75, 3.05) is 19.7 Å². The van der Waals surface area contributed by atoms with E-state index < -0.39 is 0 Å². The van der Waals surface area contributed by atoms with Crippen molar-refractivity contribution in [1.29, 1.82) is 0 Å². The van der Waals surface area contributed by atoms with Gasteiger partial charge in [-0.15, -0.1) is 11.3 Å². The average molecular weight is 334 g/mol. The van der Waals surface area contributed by atoms with E-state index in [4.69, 9.17) is 9.15 Å². The second-order valence-electron chi connectivity index (χ2n) is 5.70. The lowest BCUT2D eigenvalue weighted by Crippen LogP contribution is -2.43. The molecular weight excluding hydrogens is 312 g/mol. The first-order valence-electron chi connectivity index (χ1n) is 7.99. The van der Waals surface area contributed by atoms with Crippen molar-refractivity contribution in [3.05, 3.63) is 46.5 Å². The van der Waals surface area contributed by atoms with Crippen LogP contribution in [0.3, 0.4) is 0 Å². The molecular formula is C17H22N2O3S. The zero-order valence-corrected chi connectivity index (χ0v) is 13.9. The molecule has 23 heavy (non-hydrogen) atoms. The van der Waals surface area contributed by atoms with E-state index in [9.17, 15) is 4.79 Å². The lowest BCUT2D eigenvalue weighted by Gasteiger charge is -2.23. The summed E-state index contributed by atoms with van der Waals surface area (Å²) in [5, 5.41) is 5.06. The van der Waals surface area contributed by atoms with E-state index in [1.807, 2.05) is 17.0 Å². The zero-order valence-electron chi connectivity index (χ0n) is 13.1. The number of amides is 2. The molecule has 1 N–H and O–H groups in total. The molecule has 3 heterocycles. The topological polar surface area (TPSA) is 54.7 Å². The molecule has 1 aliphatic rings. The highest BCUT2D eigenvalue weighted by Gasteiger charge is 2.19. The Morgan fingerprint density at radius 3 is 3.09 bits per heavy atom. The van der Waals surface area contributed by atoms with E-state index in [-0.39, 0.29) is 12.1 Å². The Kier molecular flexibility index (Phi) is 5.71. The van der Waals surface area contributed by atoms with Gasteiger partial charge in [-0.3, -0.25) is 0 Å². The van der Waals surface area contributed by atoms with E-state index in [1.165, 1.54) is 4.88 Å². The van der Waals surface area contributed by atoms with Crippen LogP contribution in [-0.2, 0) is 17.7 Å². The quantitative estimate of drug-likeness (QED) is 0.845. The van der Waals surface area contributed by atoms with Crippen LogP contribution in [0.25, 0.3) is 0 Å². The van der Waals surface area contributed by atoms with Crippen molar-refractivity contribution in [2.24, 2.45) is 0 Å². The van der Waals surface area contributed by atoms with Gasteiger partial charge in [0.15, 0.2) is 0 Å². The maximum absolute atomic E-state index is 12.5. The summed E-state index contributed by atoms with van der Waals surface area (Å²) >= 11 is 1.72. The summed E-state index contributed by atoms with van der Waals surface area (Å²) < 4.78 is 10.7. The molecule has 1 fully saturated rings. The van der Waals surface area contributed by atoms with Crippen LogP contribution in [0, 0.1) is 0 Å². The van der Waals surface area contributed by atoms with Gasteiger partial charge in [0.25, 0.3) is 0 Å². The second-order valence-corrected chi connectivity index (χ2v) is 6.74. The van der Waals surface area contributed by atoms with Crippen molar-refractivity contribution in [3.8, 4) is 0 Å². The molecule has 1 atom stereocenters. The first-order chi connectivity index (χ1) is 11.3. The fraction of sp³-hybridized carbons (Fsp3) is 0.471. The minimum absolute atomic E-state index is 0.0433. The molecule has 124 valence electrons. The molecule has 2 aromatic rings. The molecule has 3 rings (SSSR count). The predicted molar refractivity (Wildman–Crippen MR) is 89.5 cm³/mol. The highest BCUT2D eigenvalue weighted by Crippen LogP contribution is 2.13. The normalized spacial score (nSPS) is 17.3. The molecule has 0 radical (unpaired) electrons. The second kappa shape index (κ2) is 8.17. The lowest BCUT2D eigenvalue weighted by atomic mass is 10.2. The number of nitrogens with zero attached hydrogens (tertiary/aromatic N) is 1. The van der Waals surface area contributed by atoms with E-state index in [0.717, 1.165) is 31.4 Å². The Hall–Kier alpha value is -1.79. The summed E-state index contributed by atoms with van der Waals surface area (Å²) in [7, 11) is 0. The smallest absolute Gasteiger partial charge is 0.317 e. The Bertz CT molecular complexity index is 577. The zero-order chi connectivity index (χ0) is 15.9. The van der Waals surface area contributed by atoms with Crippen molar-refractivity contribution >= 4 is 17.4 Å². The van der Waals surface area contributed by atoms with Crippen LogP contribution in [0.4, 0.5) is 4.79 Å². The first kappa shape index (κ1) is 16.1. The third-order valence-corrected chi connectivity index (χ3v) is 4.89. The molecule has 1 unspecified atom stereocenters. The number of carbonyl (C=O) groups excluding carboxylic acids is 1. The van der Waals surface area contributed by atoms with Gasteiger partial charge < -0.3 is 19.4 Å². The van der Waals surface area contributed by atoms with Gasteiger partial charge >= 0.3 is 6.03 Å². The highest BCUT2D eigenvalue weighted by molar-refractivity contribution is 7.09. The van der Waals surface area contributed by atoms with Crippen molar-refractivity contribution in [1.82, 2.24) is 10.2 Å². The number of thiophene rings is 1. The van der Waals surface area contributed by atoms with Crippen LogP contribution in [0.2, 0.25) is 0 Å². The molecule has 0 bridgehead atoms. The fourth-order valence-corrected chi connectivity index (χ4v) is 3.37. The van der Waals surface area contributed by atoms with Gasteiger partial charge in [0.05, 0.1) is 25.2 Å². The SMILES string of the molecule is O=C(NCC1CCCO1)N(CCc1cccs1)Cc1ccoc1. The standard InChI is InChI=1S/C17H22N2O3S/c20-17(18-11-15-3-1-8-22-15)19(12-14-6-9-21-13-14)7-5-16-4-2-10-23-16/h2,4,6,9-10,13,15H,1,3,5,7-8,11-12H2,(H,18,20). The van der Waals surface area contributed by atoms with Gasteiger partial charge in [-0.1, -0.05) is 6.07 Å². The Balaban J connectivity index is 1.55. The molecule has 0 spiro atoms. The number of rotatable bonds is 7. The number of ether oxygens (including phenoxy) is 1. The monoisotopic (exact) mass is 334 g/mol. The fourth-order valence-electron chi connectivity index (χ4n) is 2.67. The number of nitrogens with one attached hydrogen (secondary N) is 1. The van der Waals surface area contributed by atoms with Crippen LogP contribution in [0.1, 0.15) is 23.3 Å².